The molecule has 0 atom stereocenters. The van der Waals surface area contributed by atoms with Gasteiger partial charge in [-0.25, -0.2) is 0 Å². The van der Waals surface area contributed by atoms with Crippen molar-refractivity contribution in [3.8, 4) is 35.2 Å². The van der Waals surface area contributed by atoms with Crippen molar-refractivity contribution in [1.82, 2.24) is 0 Å². The van der Waals surface area contributed by atoms with Crippen LogP contribution in [0.2, 0.25) is 0 Å². The zero-order valence-electron chi connectivity index (χ0n) is 14.6. The van der Waals surface area contributed by atoms with Crippen LogP contribution in [-0.2, 0) is 0 Å². The molecular weight excluding hydrogens is 296 g/mol. The van der Waals surface area contributed by atoms with Gasteiger partial charge in [0.1, 0.15) is 11.5 Å². The number of ether oxygens (including phenoxy) is 2. The molecule has 2 aromatic rings. The van der Waals surface area contributed by atoms with Gasteiger partial charge in [0.2, 0.25) is 0 Å². The lowest BCUT2D eigenvalue weighted by molar-refractivity contribution is 0.242. The molecule has 0 bridgehead atoms. The van der Waals surface area contributed by atoms with Crippen LogP contribution in [0.4, 0.5) is 0 Å². The predicted molar refractivity (Wildman–Crippen MR) is 98.2 cm³/mol. The van der Waals surface area contributed by atoms with Gasteiger partial charge in [-0.15, -0.1) is 0 Å². The van der Waals surface area contributed by atoms with Crippen molar-refractivity contribution in [3.63, 3.8) is 0 Å². The number of hydrogen-bond donors (Lipinski definition) is 0. The van der Waals surface area contributed by atoms with Crippen molar-refractivity contribution in [2.45, 2.75) is 39.9 Å². The fourth-order valence-corrected chi connectivity index (χ4v) is 1.98. The monoisotopic (exact) mass is 318 g/mol. The van der Waals surface area contributed by atoms with Crippen molar-refractivity contribution in [3.05, 3.63) is 59.7 Å². The molecule has 0 aliphatic carbocycles. The van der Waals surface area contributed by atoms with Crippen LogP contribution < -0.4 is 9.47 Å². The van der Waals surface area contributed by atoms with Gasteiger partial charge in [0.15, 0.2) is 0 Å². The highest BCUT2D eigenvalue weighted by Crippen LogP contribution is 2.14. The van der Waals surface area contributed by atoms with E-state index in [0.717, 1.165) is 22.6 Å². The van der Waals surface area contributed by atoms with Crippen LogP contribution in [0.15, 0.2) is 48.5 Å². The Morgan fingerprint density at radius 3 is 1.21 bits per heavy atom. The minimum absolute atomic E-state index is 0.171. The lowest BCUT2D eigenvalue weighted by Crippen LogP contribution is -2.05. The molecule has 2 nitrogen and oxygen atoms in total. The number of hydrogen-bond acceptors (Lipinski definition) is 2. The van der Waals surface area contributed by atoms with E-state index < -0.39 is 0 Å². The average molecular weight is 318 g/mol. The molecule has 0 radical (unpaired) electrons. The van der Waals surface area contributed by atoms with Crippen molar-refractivity contribution < 1.29 is 9.47 Å². The Labute approximate surface area is 144 Å². The van der Waals surface area contributed by atoms with Gasteiger partial charge in [-0.05, 0) is 88.1 Å². The highest BCUT2D eigenvalue weighted by atomic mass is 16.5. The standard InChI is InChI=1S/C22H22O2/c1-17(2)23-21-13-9-19(10-14-21)7-5-6-8-20-11-15-22(16-12-20)24-18(3)4/h9-18H,1-4H3. The molecule has 0 fully saturated rings. The second-order valence-electron chi connectivity index (χ2n) is 5.88. The summed E-state index contributed by atoms with van der Waals surface area (Å²) >= 11 is 0. The Bertz CT molecular complexity index is 692. The Morgan fingerprint density at radius 2 is 0.917 bits per heavy atom. The Kier molecular flexibility index (Phi) is 6.35. The van der Waals surface area contributed by atoms with Crippen LogP contribution in [-0.4, -0.2) is 12.2 Å². The van der Waals surface area contributed by atoms with Crippen LogP contribution in [0.25, 0.3) is 0 Å². The Morgan fingerprint density at radius 1 is 0.583 bits per heavy atom. The first kappa shape index (κ1) is 17.5. The molecule has 2 aromatic carbocycles. The van der Waals surface area contributed by atoms with Crippen LogP contribution in [0, 0.1) is 23.7 Å². The number of benzene rings is 2. The summed E-state index contributed by atoms with van der Waals surface area (Å²) in [5, 5.41) is 0. The normalized spacial score (nSPS) is 9.75. The first-order valence-corrected chi connectivity index (χ1v) is 8.08. The van der Waals surface area contributed by atoms with Gasteiger partial charge in [0, 0.05) is 11.1 Å². The fraction of sp³-hybridized carbons (Fsp3) is 0.273. The van der Waals surface area contributed by atoms with E-state index >= 15 is 0 Å². The first-order chi connectivity index (χ1) is 11.5. The largest absolute Gasteiger partial charge is 0.491 e. The molecular formula is C22H22O2. The fourth-order valence-electron chi connectivity index (χ4n) is 1.98. The van der Waals surface area contributed by atoms with E-state index in [2.05, 4.69) is 23.7 Å². The second kappa shape index (κ2) is 8.70. The molecule has 122 valence electrons. The Balaban J connectivity index is 1.97. The highest BCUT2D eigenvalue weighted by Gasteiger charge is 1.97. The molecule has 0 amide bonds. The zero-order chi connectivity index (χ0) is 17.4. The van der Waals surface area contributed by atoms with E-state index in [1.807, 2.05) is 76.2 Å². The number of rotatable bonds is 4. The second-order valence-corrected chi connectivity index (χ2v) is 5.88. The van der Waals surface area contributed by atoms with Gasteiger partial charge in [-0.1, -0.05) is 11.8 Å². The summed E-state index contributed by atoms with van der Waals surface area (Å²) in [6.07, 6.45) is 0.343. The first-order valence-electron chi connectivity index (χ1n) is 8.08. The summed E-state index contributed by atoms with van der Waals surface area (Å²) < 4.78 is 11.2. The lowest BCUT2D eigenvalue weighted by atomic mass is 10.2. The Hall–Kier alpha value is -2.84. The zero-order valence-corrected chi connectivity index (χ0v) is 14.6. The van der Waals surface area contributed by atoms with Gasteiger partial charge in [-0.2, -0.15) is 0 Å². The van der Waals surface area contributed by atoms with Gasteiger partial charge in [-0.3, -0.25) is 0 Å². The lowest BCUT2D eigenvalue weighted by Gasteiger charge is -2.08. The third-order valence-corrected chi connectivity index (χ3v) is 2.93. The average Bonchev–Trinajstić information content (AvgIpc) is 2.53. The molecule has 0 aliphatic rings. The van der Waals surface area contributed by atoms with Gasteiger partial charge < -0.3 is 9.47 Å². The smallest absolute Gasteiger partial charge is 0.119 e. The van der Waals surface area contributed by atoms with E-state index in [0.29, 0.717) is 0 Å². The maximum Gasteiger partial charge on any atom is 0.119 e. The van der Waals surface area contributed by atoms with Gasteiger partial charge in [0.25, 0.3) is 0 Å². The maximum atomic E-state index is 5.60. The van der Waals surface area contributed by atoms with Crippen LogP contribution in [0.5, 0.6) is 11.5 Å². The minimum atomic E-state index is 0.171. The molecule has 0 saturated heterocycles. The third-order valence-electron chi connectivity index (χ3n) is 2.93. The van der Waals surface area contributed by atoms with E-state index in [4.69, 9.17) is 9.47 Å². The topological polar surface area (TPSA) is 18.5 Å². The SMILES string of the molecule is CC(C)Oc1ccc(C#CC#Cc2ccc(OC(C)C)cc2)cc1. The molecule has 0 unspecified atom stereocenters. The van der Waals surface area contributed by atoms with Crippen molar-refractivity contribution in [1.29, 1.82) is 0 Å². The third kappa shape index (κ3) is 6.11. The summed E-state index contributed by atoms with van der Waals surface area (Å²) in [6, 6.07) is 15.4. The van der Waals surface area contributed by atoms with Gasteiger partial charge in [0.05, 0.1) is 12.2 Å². The molecule has 2 rings (SSSR count). The molecule has 0 heterocycles. The molecule has 0 spiro atoms. The van der Waals surface area contributed by atoms with E-state index in [1.54, 1.807) is 0 Å². The summed E-state index contributed by atoms with van der Waals surface area (Å²) in [5.74, 6) is 13.5. The summed E-state index contributed by atoms with van der Waals surface area (Å²) in [6.45, 7) is 8.02. The van der Waals surface area contributed by atoms with E-state index in [9.17, 15) is 0 Å². The molecule has 0 aromatic heterocycles. The maximum absolute atomic E-state index is 5.60. The van der Waals surface area contributed by atoms with Crippen LogP contribution in [0.3, 0.4) is 0 Å². The van der Waals surface area contributed by atoms with Crippen molar-refractivity contribution in [2.24, 2.45) is 0 Å². The molecule has 24 heavy (non-hydrogen) atoms. The van der Waals surface area contributed by atoms with Crippen molar-refractivity contribution >= 4 is 0 Å². The predicted octanol–water partition coefficient (Wildman–Crippen LogP) is 4.66. The summed E-state index contributed by atoms with van der Waals surface area (Å²) in [7, 11) is 0. The summed E-state index contributed by atoms with van der Waals surface area (Å²) in [4.78, 5) is 0. The van der Waals surface area contributed by atoms with Gasteiger partial charge >= 0.3 is 0 Å². The molecule has 0 aliphatic heterocycles. The van der Waals surface area contributed by atoms with Crippen LogP contribution >= 0.6 is 0 Å². The molecule has 0 N–H and O–H groups in total. The summed E-state index contributed by atoms with van der Waals surface area (Å²) in [5.41, 5.74) is 1.84. The van der Waals surface area contributed by atoms with E-state index in [1.165, 1.54) is 0 Å². The molecule has 0 saturated carbocycles. The van der Waals surface area contributed by atoms with Crippen LogP contribution in [0.1, 0.15) is 38.8 Å². The van der Waals surface area contributed by atoms with Crippen molar-refractivity contribution in [2.75, 3.05) is 0 Å². The highest BCUT2D eigenvalue weighted by molar-refractivity contribution is 5.46. The minimum Gasteiger partial charge on any atom is -0.491 e. The molecule has 2 heteroatoms. The quantitative estimate of drug-likeness (QED) is 0.763. The van der Waals surface area contributed by atoms with E-state index in [-0.39, 0.29) is 12.2 Å².